The largest absolute Gasteiger partial charge is 0.493 e. The molecule has 0 saturated carbocycles. The van der Waals surface area contributed by atoms with E-state index in [1.54, 1.807) is 26.0 Å². The lowest BCUT2D eigenvalue weighted by atomic mass is 9.77. The van der Waals surface area contributed by atoms with Crippen LogP contribution in [0, 0.1) is 11.3 Å². The molecule has 1 heterocycles. The fraction of sp³-hybridized carbons (Fsp3) is 0.280. The normalized spacial score (nSPS) is 18.2. The number of hydrogen-bond acceptors (Lipinski definition) is 6. The summed E-state index contributed by atoms with van der Waals surface area (Å²) >= 11 is 1.60. The van der Waals surface area contributed by atoms with Crippen molar-refractivity contribution in [1.29, 1.82) is 5.26 Å². The highest BCUT2D eigenvalue weighted by molar-refractivity contribution is 8.02. The number of thioether (sulfide) groups is 1. The van der Waals surface area contributed by atoms with Gasteiger partial charge in [-0.1, -0.05) is 36.4 Å². The van der Waals surface area contributed by atoms with E-state index in [2.05, 4.69) is 23.5 Å². The summed E-state index contributed by atoms with van der Waals surface area (Å²) in [7, 11) is 3.18. The van der Waals surface area contributed by atoms with Gasteiger partial charge in [0, 0.05) is 23.4 Å². The highest BCUT2D eigenvalue weighted by atomic mass is 32.2. The molecule has 0 bridgehead atoms. The number of allylic oxidation sites excluding steroid dienone is 3. The Morgan fingerprint density at radius 2 is 1.87 bits per heavy atom. The van der Waals surface area contributed by atoms with E-state index in [1.165, 1.54) is 5.56 Å². The van der Waals surface area contributed by atoms with Gasteiger partial charge in [-0.3, -0.25) is 4.79 Å². The average Bonchev–Trinajstić information content (AvgIpc) is 2.82. The minimum Gasteiger partial charge on any atom is -0.493 e. The van der Waals surface area contributed by atoms with E-state index >= 15 is 0 Å². The molecular formula is C25H24N2O3S. The molecule has 158 valence electrons. The van der Waals surface area contributed by atoms with Crippen molar-refractivity contribution in [2.75, 3.05) is 14.2 Å². The molecule has 1 atom stereocenters. The van der Waals surface area contributed by atoms with Crippen molar-refractivity contribution in [2.45, 2.75) is 30.9 Å². The van der Waals surface area contributed by atoms with Gasteiger partial charge < -0.3 is 14.8 Å². The lowest BCUT2D eigenvalue weighted by Gasteiger charge is -2.33. The van der Waals surface area contributed by atoms with Crippen LogP contribution in [0.15, 0.2) is 70.4 Å². The molecule has 5 nitrogen and oxygen atoms in total. The van der Waals surface area contributed by atoms with E-state index in [4.69, 9.17) is 9.47 Å². The van der Waals surface area contributed by atoms with E-state index in [-0.39, 0.29) is 5.78 Å². The number of nitrogens with one attached hydrogen (secondary N) is 1. The zero-order valence-electron chi connectivity index (χ0n) is 17.6. The SMILES string of the molecule is COc1ccc(C2C(C#N)=C(SCc3ccccc3)NC3=C2C(=O)CCC3)cc1OC. The van der Waals surface area contributed by atoms with Crippen molar-refractivity contribution in [3.05, 3.63) is 81.5 Å². The van der Waals surface area contributed by atoms with Crippen molar-refractivity contribution in [1.82, 2.24) is 5.32 Å². The standard InChI is InChI=1S/C25H24N2O3S/c1-29-21-12-11-17(13-22(21)30-2)23-18(14-26)25(31-15-16-7-4-3-5-8-16)27-19-9-6-10-20(28)24(19)23/h3-5,7-8,11-13,23,27H,6,9-10,15H2,1-2H3. The summed E-state index contributed by atoms with van der Waals surface area (Å²) in [6.45, 7) is 0. The van der Waals surface area contributed by atoms with Crippen LogP contribution in [0.1, 0.15) is 36.3 Å². The molecule has 2 aromatic carbocycles. The summed E-state index contributed by atoms with van der Waals surface area (Å²) in [5, 5.41) is 14.4. The first kappa shape index (κ1) is 21.1. The Labute approximate surface area is 186 Å². The van der Waals surface area contributed by atoms with Gasteiger partial charge in [0.2, 0.25) is 0 Å². The van der Waals surface area contributed by atoms with Crippen molar-refractivity contribution in [2.24, 2.45) is 0 Å². The Balaban J connectivity index is 1.78. The quantitative estimate of drug-likeness (QED) is 0.687. The third-order valence-corrected chi connectivity index (χ3v) is 6.72. The van der Waals surface area contributed by atoms with Gasteiger partial charge in [0.25, 0.3) is 0 Å². The van der Waals surface area contributed by atoms with E-state index in [9.17, 15) is 10.1 Å². The van der Waals surface area contributed by atoms with Crippen molar-refractivity contribution >= 4 is 17.5 Å². The fourth-order valence-electron chi connectivity index (χ4n) is 4.13. The lowest BCUT2D eigenvalue weighted by molar-refractivity contribution is -0.116. The van der Waals surface area contributed by atoms with Crippen LogP contribution >= 0.6 is 11.8 Å². The molecule has 2 aromatic rings. The number of ketones is 1. The number of Topliss-reactive ketones (excluding diaryl/α,β-unsaturated/α-hetero) is 1. The number of rotatable bonds is 6. The smallest absolute Gasteiger partial charge is 0.161 e. The predicted octanol–water partition coefficient (Wildman–Crippen LogP) is 5.07. The maximum atomic E-state index is 12.9. The third kappa shape index (κ3) is 4.19. The van der Waals surface area contributed by atoms with Crippen molar-refractivity contribution in [3.8, 4) is 17.6 Å². The van der Waals surface area contributed by atoms with Gasteiger partial charge in [-0.15, -0.1) is 11.8 Å². The zero-order chi connectivity index (χ0) is 21.8. The Morgan fingerprint density at radius 3 is 2.58 bits per heavy atom. The number of carbonyl (C=O) groups is 1. The average molecular weight is 433 g/mol. The van der Waals surface area contributed by atoms with Crippen LogP contribution in [0.3, 0.4) is 0 Å². The van der Waals surface area contributed by atoms with E-state index < -0.39 is 5.92 Å². The number of nitrogens with zero attached hydrogens (tertiary/aromatic N) is 1. The summed E-state index contributed by atoms with van der Waals surface area (Å²) in [4.78, 5) is 12.9. The van der Waals surface area contributed by atoms with Crippen LogP contribution in [0.2, 0.25) is 0 Å². The second-order valence-corrected chi connectivity index (χ2v) is 8.46. The van der Waals surface area contributed by atoms with Crippen LogP contribution in [-0.2, 0) is 10.5 Å². The minimum absolute atomic E-state index is 0.105. The molecule has 0 amide bonds. The summed E-state index contributed by atoms with van der Waals surface area (Å²) in [5.74, 6) is 1.63. The third-order valence-electron chi connectivity index (χ3n) is 5.63. The lowest BCUT2D eigenvalue weighted by Crippen LogP contribution is -2.31. The summed E-state index contributed by atoms with van der Waals surface area (Å²) < 4.78 is 10.9. The van der Waals surface area contributed by atoms with Crippen LogP contribution in [0.25, 0.3) is 0 Å². The maximum Gasteiger partial charge on any atom is 0.161 e. The molecule has 0 saturated heterocycles. The molecule has 31 heavy (non-hydrogen) atoms. The fourth-order valence-corrected chi connectivity index (χ4v) is 5.15. The summed E-state index contributed by atoms with van der Waals surface area (Å²) in [5.41, 5.74) is 4.25. The molecule has 1 N–H and O–H groups in total. The highest BCUT2D eigenvalue weighted by Gasteiger charge is 2.37. The Kier molecular flexibility index (Phi) is 6.34. The van der Waals surface area contributed by atoms with Crippen LogP contribution in [0.4, 0.5) is 0 Å². The Hall–Kier alpha value is -3.17. The molecule has 1 aliphatic heterocycles. The molecule has 1 unspecified atom stereocenters. The molecule has 2 aliphatic rings. The number of dihydropyridines is 1. The summed E-state index contributed by atoms with van der Waals surface area (Å²) in [6, 6.07) is 18.2. The van der Waals surface area contributed by atoms with Crippen LogP contribution in [0.5, 0.6) is 11.5 Å². The zero-order valence-corrected chi connectivity index (χ0v) is 18.4. The molecule has 0 fully saturated rings. The van der Waals surface area contributed by atoms with Gasteiger partial charge in [0.1, 0.15) is 0 Å². The van der Waals surface area contributed by atoms with Gasteiger partial charge in [-0.25, -0.2) is 0 Å². The number of ether oxygens (including phenoxy) is 2. The van der Waals surface area contributed by atoms with Gasteiger partial charge in [-0.2, -0.15) is 5.26 Å². The van der Waals surface area contributed by atoms with Gasteiger partial charge in [0.05, 0.1) is 36.8 Å². The molecule has 0 radical (unpaired) electrons. The Morgan fingerprint density at radius 1 is 1.10 bits per heavy atom. The number of carbonyl (C=O) groups excluding carboxylic acids is 1. The molecule has 6 heteroatoms. The van der Waals surface area contributed by atoms with Crippen molar-refractivity contribution in [3.63, 3.8) is 0 Å². The first-order valence-corrected chi connectivity index (χ1v) is 11.2. The van der Waals surface area contributed by atoms with E-state index in [0.717, 1.165) is 34.9 Å². The van der Waals surface area contributed by atoms with Crippen molar-refractivity contribution < 1.29 is 14.3 Å². The topological polar surface area (TPSA) is 71.3 Å². The van der Waals surface area contributed by atoms with Gasteiger partial charge in [-0.05, 0) is 36.1 Å². The molecule has 1 aliphatic carbocycles. The first-order valence-electron chi connectivity index (χ1n) is 10.2. The monoisotopic (exact) mass is 432 g/mol. The Bertz CT molecular complexity index is 1100. The predicted molar refractivity (Wildman–Crippen MR) is 122 cm³/mol. The first-order chi connectivity index (χ1) is 15.2. The molecule has 0 aromatic heterocycles. The maximum absolute atomic E-state index is 12.9. The van der Waals surface area contributed by atoms with Crippen LogP contribution < -0.4 is 14.8 Å². The summed E-state index contributed by atoms with van der Waals surface area (Å²) in [6.07, 6.45) is 2.14. The highest BCUT2D eigenvalue weighted by Crippen LogP contribution is 2.45. The second-order valence-electron chi connectivity index (χ2n) is 7.47. The van der Waals surface area contributed by atoms with E-state index in [0.29, 0.717) is 29.1 Å². The number of methoxy groups -OCH3 is 2. The minimum atomic E-state index is -0.410. The number of benzene rings is 2. The molecule has 4 rings (SSSR count). The second kappa shape index (κ2) is 9.32. The molecular weight excluding hydrogens is 408 g/mol. The number of hydrogen-bond donors (Lipinski definition) is 1. The van der Waals surface area contributed by atoms with Gasteiger partial charge in [0.15, 0.2) is 17.3 Å². The van der Waals surface area contributed by atoms with E-state index in [1.807, 2.05) is 36.4 Å². The molecule has 0 spiro atoms. The number of nitriles is 1. The van der Waals surface area contributed by atoms with Crippen LogP contribution in [-0.4, -0.2) is 20.0 Å². The van der Waals surface area contributed by atoms with Gasteiger partial charge >= 0.3 is 0 Å².